The third kappa shape index (κ3) is 3.75. The highest BCUT2D eigenvalue weighted by atomic mass is 32.2. The Balaban J connectivity index is 1.90. The number of carbonyl (C=O) groups excluding carboxylic acids is 1. The summed E-state index contributed by atoms with van der Waals surface area (Å²) in [6.07, 6.45) is 3.39. The van der Waals surface area contributed by atoms with Gasteiger partial charge in [0.1, 0.15) is 5.75 Å². The van der Waals surface area contributed by atoms with Crippen molar-refractivity contribution < 1.29 is 17.9 Å². The topological polar surface area (TPSA) is 81.5 Å². The minimum atomic E-state index is -3.19. The van der Waals surface area contributed by atoms with Crippen LogP contribution in [0.2, 0.25) is 0 Å². The lowest BCUT2D eigenvalue weighted by Crippen LogP contribution is -2.47. The molecule has 2 heterocycles. The zero-order valence-corrected chi connectivity index (χ0v) is 15.9. The number of rotatable bonds is 4. The maximum absolute atomic E-state index is 13.2. The van der Waals surface area contributed by atoms with Crippen molar-refractivity contribution in [2.24, 2.45) is 7.05 Å². The van der Waals surface area contributed by atoms with Crippen molar-refractivity contribution in [1.82, 2.24) is 14.7 Å². The van der Waals surface area contributed by atoms with Crippen molar-refractivity contribution in [2.75, 3.05) is 25.2 Å². The molecular weight excluding hydrogens is 354 g/mol. The Morgan fingerprint density at radius 1 is 1.38 bits per heavy atom. The number of methoxy groups -OCH3 is 1. The van der Waals surface area contributed by atoms with Crippen LogP contribution in [-0.2, 0) is 21.7 Å². The highest BCUT2D eigenvalue weighted by Gasteiger charge is 2.37. The number of ether oxygens (including phenoxy) is 1. The first-order valence-electron chi connectivity index (χ1n) is 8.44. The van der Waals surface area contributed by atoms with Crippen molar-refractivity contribution in [3.05, 3.63) is 47.8 Å². The molecule has 8 heteroatoms. The molecule has 26 heavy (non-hydrogen) atoms. The van der Waals surface area contributed by atoms with Crippen molar-refractivity contribution in [2.45, 2.75) is 18.9 Å². The Labute approximate surface area is 153 Å². The predicted molar refractivity (Wildman–Crippen MR) is 97.7 cm³/mol. The first-order valence-corrected chi connectivity index (χ1v) is 10.3. The fourth-order valence-electron chi connectivity index (χ4n) is 3.26. The number of nitrogens with zero attached hydrogens (tertiary/aromatic N) is 3. The van der Waals surface area contributed by atoms with Gasteiger partial charge in [-0.3, -0.25) is 9.48 Å². The molecule has 0 spiro atoms. The van der Waals surface area contributed by atoms with Crippen LogP contribution in [-0.4, -0.2) is 54.2 Å². The van der Waals surface area contributed by atoms with Gasteiger partial charge in [0.2, 0.25) is 5.91 Å². The van der Waals surface area contributed by atoms with Gasteiger partial charge in [0.25, 0.3) is 0 Å². The summed E-state index contributed by atoms with van der Waals surface area (Å²) in [6, 6.07) is 6.87. The van der Waals surface area contributed by atoms with Crippen molar-refractivity contribution in [3.63, 3.8) is 0 Å². The maximum atomic E-state index is 13.2. The molecule has 1 aromatic carbocycles. The minimum absolute atomic E-state index is 0.0136. The Morgan fingerprint density at radius 2 is 2.15 bits per heavy atom. The molecule has 0 saturated carbocycles. The van der Waals surface area contributed by atoms with Crippen molar-refractivity contribution >= 4 is 15.7 Å². The van der Waals surface area contributed by atoms with E-state index in [0.29, 0.717) is 5.75 Å². The van der Waals surface area contributed by atoms with Gasteiger partial charge >= 0.3 is 0 Å². The number of carbonyl (C=O) groups is 1. The third-order valence-electron chi connectivity index (χ3n) is 4.79. The summed E-state index contributed by atoms with van der Waals surface area (Å²) in [5, 5.41) is 4.13. The van der Waals surface area contributed by atoms with Crippen LogP contribution >= 0.6 is 0 Å². The molecule has 1 fully saturated rings. The summed E-state index contributed by atoms with van der Waals surface area (Å²) in [7, 11) is 0.163. The predicted octanol–water partition coefficient (Wildman–Crippen LogP) is 1.53. The van der Waals surface area contributed by atoms with E-state index in [1.807, 2.05) is 31.2 Å². The maximum Gasteiger partial charge on any atom is 0.230 e. The lowest BCUT2D eigenvalue weighted by atomic mass is 9.98. The van der Waals surface area contributed by atoms with Crippen LogP contribution in [0.3, 0.4) is 0 Å². The zero-order chi connectivity index (χ0) is 18.9. The molecule has 0 N–H and O–H groups in total. The summed E-state index contributed by atoms with van der Waals surface area (Å²) in [5.41, 5.74) is 1.58. The fraction of sp³-hybridized carbons (Fsp3) is 0.444. The van der Waals surface area contributed by atoms with Crippen LogP contribution in [0.15, 0.2) is 36.7 Å². The smallest absolute Gasteiger partial charge is 0.230 e. The SMILES string of the molecule is COc1cccc([C@@H](C)C(=O)N2CCS(=O)(=O)C[C@@H]2c2cnn(C)c2)c1. The largest absolute Gasteiger partial charge is 0.497 e. The molecule has 1 amide bonds. The summed E-state index contributed by atoms with van der Waals surface area (Å²) in [4.78, 5) is 14.8. The fourth-order valence-corrected chi connectivity index (χ4v) is 4.76. The van der Waals surface area contributed by atoms with E-state index in [1.54, 1.807) is 36.1 Å². The quantitative estimate of drug-likeness (QED) is 0.807. The molecule has 1 aliphatic heterocycles. The standard InChI is InChI=1S/C18H23N3O4S/c1-13(14-5-4-6-16(9-14)25-3)18(22)21-7-8-26(23,24)12-17(21)15-10-19-20(2)11-15/h4-6,9-11,13,17H,7-8,12H2,1-3H3/t13-,17-/m1/s1. The van der Waals surface area contributed by atoms with Crippen LogP contribution in [0.5, 0.6) is 5.75 Å². The van der Waals surface area contributed by atoms with Crippen LogP contribution in [0.4, 0.5) is 0 Å². The van der Waals surface area contributed by atoms with Gasteiger partial charge in [-0.1, -0.05) is 12.1 Å². The second-order valence-electron chi connectivity index (χ2n) is 6.61. The van der Waals surface area contributed by atoms with E-state index < -0.39 is 21.8 Å². The minimum Gasteiger partial charge on any atom is -0.497 e. The molecule has 2 aromatic rings. The number of aromatic nitrogens is 2. The van der Waals surface area contributed by atoms with E-state index in [-0.39, 0.29) is 24.0 Å². The zero-order valence-electron chi connectivity index (χ0n) is 15.1. The van der Waals surface area contributed by atoms with Gasteiger partial charge in [-0.2, -0.15) is 5.10 Å². The van der Waals surface area contributed by atoms with Gasteiger partial charge in [-0.05, 0) is 24.6 Å². The number of amides is 1. The van der Waals surface area contributed by atoms with Gasteiger partial charge in [0, 0.05) is 25.4 Å². The molecule has 2 atom stereocenters. The van der Waals surface area contributed by atoms with E-state index in [2.05, 4.69) is 5.10 Å². The molecule has 1 saturated heterocycles. The lowest BCUT2D eigenvalue weighted by molar-refractivity contribution is -0.134. The van der Waals surface area contributed by atoms with Gasteiger partial charge in [0.05, 0.1) is 36.8 Å². The summed E-state index contributed by atoms with van der Waals surface area (Å²) < 4.78 is 31.2. The first-order chi connectivity index (χ1) is 12.3. The van der Waals surface area contributed by atoms with Gasteiger partial charge in [-0.25, -0.2) is 8.42 Å². The second kappa shape index (κ2) is 7.11. The van der Waals surface area contributed by atoms with Gasteiger partial charge in [0.15, 0.2) is 9.84 Å². The third-order valence-corrected chi connectivity index (χ3v) is 6.42. The van der Waals surface area contributed by atoms with E-state index in [4.69, 9.17) is 4.74 Å². The Bertz CT molecular complexity index is 907. The van der Waals surface area contributed by atoms with Crippen molar-refractivity contribution in [1.29, 1.82) is 0 Å². The van der Waals surface area contributed by atoms with E-state index in [9.17, 15) is 13.2 Å². The average molecular weight is 377 g/mol. The monoisotopic (exact) mass is 377 g/mol. The van der Waals surface area contributed by atoms with Crippen LogP contribution in [0, 0.1) is 0 Å². The van der Waals surface area contributed by atoms with Gasteiger partial charge < -0.3 is 9.64 Å². The number of hydrogen-bond donors (Lipinski definition) is 0. The van der Waals surface area contributed by atoms with E-state index in [0.717, 1.165) is 11.1 Å². The van der Waals surface area contributed by atoms with Crippen LogP contribution in [0.25, 0.3) is 0 Å². The Morgan fingerprint density at radius 3 is 2.81 bits per heavy atom. The Hall–Kier alpha value is -2.35. The number of aryl methyl sites for hydroxylation is 1. The highest BCUT2D eigenvalue weighted by molar-refractivity contribution is 7.91. The molecule has 0 radical (unpaired) electrons. The summed E-state index contributed by atoms with van der Waals surface area (Å²) >= 11 is 0. The van der Waals surface area contributed by atoms with E-state index in [1.165, 1.54) is 0 Å². The lowest BCUT2D eigenvalue weighted by Gasteiger charge is -2.36. The van der Waals surface area contributed by atoms with Crippen LogP contribution in [0.1, 0.15) is 30.0 Å². The molecule has 1 aromatic heterocycles. The average Bonchev–Trinajstić information content (AvgIpc) is 3.06. The second-order valence-corrected chi connectivity index (χ2v) is 8.84. The molecule has 3 rings (SSSR count). The number of hydrogen-bond acceptors (Lipinski definition) is 5. The molecular formula is C18H23N3O4S. The molecule has 0 unspecified atom stereocenters. The summed E-state index contributed by atoms with van der Waals surface area (Å²) in [5.74, 6) is 0.106. The molecule has 1 aliphatic rings. The molecule has 0 bridgehead atoms. The first kappa shape index (κ1) is 18.4. The summed E-state index contributed by atoms with van der Waals surface area (Å²) in [6.45, 7) is 2.02. The van der Waals surface area contributed by atoms with E-state index >= 15 is 0 Å². The Kier molecular flexibility index (Phi) is 5.04. The normalized spacial score (nSPS) is 20.6. The molecule has 0 aliphatic carbocycles. The highest BCUT2D eigenvalue weighted by Crippen LogP contribution is 2.31. The van der Waals surface area contributed by atoms with Crippen LogP contribution < -0.4 is 4.74 Å². The van der Waals surface area contributed by atoms with Gasteiger partial charge in [-0.15, -0.1) is 0 Å². The number of benzene rings is 1. The number of sulfone groups is 1. The molecule has 7 nitrogen and oxygen atoms in total. The van der Waals surface area contributed by atoms with Crippen molar-refractivity contribution in [3.8, 4) is 5.75 Å². The molecule has 140 valence electrons.